The monoisotopic (exact) mass is 456 g/mol. The molecule has 2 aromatic carbocycles. The number of thiophene rings is 1. The Kier molecular flexibility index (Phi) is 5.45. The molecular formula is C21H17BrN2O3S. The summed E-state index contributed by atoms with van der Waals surface area (Å²) in [5, 5.41) is 5.55. The molecule has 0 bridgehead atoms. The summed E-state index contributed by atoms with van der Waals surface area (Å²) in [6.07, 6.45) is 0. The number of aromatic nitrogens is 2. The second kappa shape index (κ2) is 8.16. The zero-order valence-electron chi connectivity index (χ0n) is 15.1. The summed E-state index contributed by atoms with van der Waals surface area (Å²) >= 11 is 4.78. The van der Waals surface area contributed by atoms with Crippen molar-refractivity contribution in [1.29, 1.82) is 0 Å². The number of benzene rings is 2. The maximum Gasteiger partial charge on any atom is 0.348 e. The minimum Gasteiger partial charge on any atom is -0.490 e. The molecule has 0 aliphatic rings. The number of rotatable bonds is 6. The Morgan fingerprint density at radius 2 is 1.93 bits per heavy atom. The number of esters is 1. The van der Waals surface area contributed by atoms with E-state index >= 15 is 0 Å². The van der Waals surface area contributed by atoms with Gasteiger partial charge in [0.05, 0.1) is 11.4 Å². The fourth-order valence-corrected chi connectivity index (χ4v) is 4.27. The number of carbonyl (C=O) groups excluding carboxylic acids is 1. The summed E-state index contributed by atoms with van der Waals surface area (Å²) in [4.78, 5) is 13.9. The molecule has 2 heterocycles. The normalized spacial score (nSPS) is 10.9. The Morgan fingerprint density at radius 3 is 2.71 bits per heavy atom. The van der Waals surface area contributed by atoms with Gasteiger partial charge in [-0.3, -0.25) is 0 Å². The average Bonchev–Trinajstić information content (AvgIpc) is 3.27. The third kappa shape index (κ3) is 3.95. The molecule has 0 saturated heterocycles. The second-order valence-corrected chi connectivity index (χ2v) is 8.05. The van der Waals surface area contributed by atoms with E-state index in [4.69, 9.17) is 9.47 Å². The smallest absolute Gasteiger partial charge is 0.348 e. The number of para-hydroxylation sites is 1. The van der Waals surface area contributed by atoms with Crippen LogP contribution in [0.4, 0.5) is 0 Å². The number of hydrogen-bond acceptors (Lipinski definition) is 5. The molecule has 2 aromatic heterocycles. The molecule has 0 aliphatic heterocycles. The third-order valence-electron chi connectivity index (χ3n) is 4.13. The maximum atomic E-state index is 12.4. The van der Waals surface area contributed by atoms with Crippen LogP contribution in [0.25, 0.3) is 15.9 Å². The Labute approximate surface area is 174 Å². The van der Waals surface area contributed by atoms with E-state index in [1.165, 1.54) is 11.3 Å². The van der Waals surface area contributed by atoms with Crippen LogP contribution in [-0.2, 0) is 4.74 Å². The van der Waals surface area contributed by atoms with Crippen LogP contribution in [0, 0.1) is 6.92 Å². The topological polar surface area (TPSA) is 53.4 Å². The number of hydrogen-bond donors (Lipinski definition) is 0. The van der Waals surface area contributed by atoms with Crippen molar-refractivity contribution in [3.05, 3.63) is 75.7 Å². The largest absolute Gasteiger partial charge is 0.490 e. The van der Waals surface area contributed by atoms with E-state index in [-0.39, 0.29) is 12.6 Å². The van der Waals surface area contributed by atoms with Crippen molar-refractivity contribution in [1.82, 2.24) is 9.78 Å². The van der Waals surface area contributed by atoms with Gasteiger partial charge in [-0.1, -0.05) is 40.2 Å². The van der Waals surface area contributed by atoms with Crippen molar-refractivity contribution in [3.63, 3.8) is 0 Å². The third-order valence-corrected chi connectivity index (χ3v) is 5.71. The molecule has 7 heteroatoms. The number of ether oxygens (including phenoxy) is 2. The van der Waals surface area contributed by atoms with Crippen molar-refractivity contribution in [2.24, 2.45) is 0 Å². The highest BCUT2D eigenvalue weighted by molar-refractivity contribution is 9.10. The molecule has 0 spiro atoms. The quantitative estimate of drug-likeness (QED) is 0.288. The molecule has 0 atom stereocenters. The number of fused-ring (bicyclic) bond motifs is 1. The molecule has 4 rings (SSSR count). The van der Waals surface area contributed by atoms with Gasteiger partial charge in [-0.15, -0.1) is 11.3 Å². The van der Waals surface area contributed by atoms with E-state index in [0.29, 0.717) is 11.5 Å². The lowest BCUT2D eigenvalue weighted by atomic mass is 10.3. The van der Waals surface area contributed by atoms with E-state index in [0.717, 1.165) is 31.8 Å². The Hall–Kier alpha value is -2.64. The summed E-state index contributed by atoms with van der Waals surface area (Å²) in [6, 6.07) is 19.3. The van der Waals surface area contributed by atoms with Gasteiger partial charge in [-0.05, 0) is 43.3 Å². The lowest BCUT2D eigenvalue weighted by Crippen LogP contribution is -2.11. The molecule has 28 heavy (non-hydrogen) atoms. The van der Waals surface area contributed by atoms with E-state index < -0.39 is 0 Å². The fourth-order valence-electron chi connectivity index (χ4n) is 2.81. The molecule has 0 saturated carbocycles. The first-order valence-corrected chi connectivity index (χ1v) is 10.3. The van der Waals surface area contributed by atoms with Gasteiger partial charge in [0.25, 0.3) is 0 Å². The molecule has 4 aromatic rings. The summed E-state index contributed by atoms with van der Waals surface area (Å²) in [7, 11) is 0. The summed E-state index contributed by atoms with van der Waals surface area (Å²) in [5.41, 5.74) is 1.84. The van der Waals surface area contributed by atoms with Crippen LogP contribution in [-0.4, -0.2) is 29.0 Å². The van der Waals surface area contributed by atoms with E-state index in [1.54, 1.807) is 0 Å². The van der Waals surface area contributed by atoms with E-state index in [9.17, 15) is 4.79 Å². The lowest BCUT2D eigenvalue weighted by molar-refractivity contribution is 0.0456. The van der Waals surface area contributed by atoms with Gasteiger partial charge in [-0.25, -0.2) is 9.48 Å². The van der Waals surface area contributed by atoms with Crippen LogP contribution >= 0.6 is 27.3 Å². The van der Waals surface area contributed by atoms with Gasteiger partial charge in [0.1, 0.15) is 28.7 Å². The van der Waals surface area contributed by atoms with Crippen molar-refractivity contribution in [2.75, 3.05) is 13.2 Å². The first-order chi connectivity index (χ1) is 13.6. The summed E-state index contributed by atoms with van der Waals surface area (Å²) in [6.45, 7) is 2.42. The number of carbonyl (C=O) groups is 1. The zero-order valence-corrected chi connectivity index (χ0v) is 17.5. The van der Waals surface area contributed by atoms with Crippen molar-refractivity contribution < 1.29 is 14.3 Å². The van der Waals surface area contributed by atoms with Crippen molar-refractivity contribution >= 4 is 43.5 Å². The molecule has 142 valence electrons. The summed E-state index contributed by atoms with van der Waals surface area (Å²) < 4.78 is 13.8. The molecular weight excluding hydrogens is 440 g/mol. The maximum absolute atomic E-state index is 12.4. The van der Waals surface area contributed by atoms with Crippen LogP contribution in [0.5, 0.6) is 5.75 Å². The average molecular weight is 457 g/mol. The molecule has 5 nitrogen and oxygen atoms in total. The highest BCUT2D eigenvalue weighted by Crippen LogP contribution is 2.30. The number of aryl methyl sites for hydroxylation is 1. The minimum atomic E-state index is -0.349. The first-order valence-electron chi connectivity index (χ1n) is 8.72. The number of halogens is 1. The zero-order chi connectivity index (χ0) is 19.5. The van der Waals surface area contributed by atoms with Crippen LogP contribution in [0.1, 0.15) is 15.4 Å². The van der Waals surface area contributed by atoms with Crippen LogP contribution in [0.15, 0.2) is 65.1 Å². The standard InChI is InChI=1S/C21H17BrN2O3S/c1-14-18-13-19(28-20(18)24(23-14)16-7-3-2-4-8-16)21(25)27-11-10-26-17-9-5-6-15(22)12-17/h2-9,12-13H,10-11H2,1H3. The molecule has 0 fully saturated rings. The summed E-state index contributed by atoms with van der Waals surface area (Å²) in [5.74, 6) is 0.379. The van der Waals surface area contributed by atoms with Crippen LogP contribution < -0.4 is 4.74 Å². The van der Waals surface area contributed by atoms with Crippen LogP contribution in [0.3, 0.4) is 0 Å². The molecule has 0 aliphatic carbocycles. The van der Waals surface area contributed by atoms with E-state index in [2.05, 4.69) is 21.0 Å². The minimum absolute atomic E-state index is 0.184. The van der Waals surface area contributed by atoms with Gasteiger partial charge < -0.3 is 9.47 Å². The van der Waals surface area contributed by atoms with Crippen molar-refractivity contribution in [2.45, 2.75) is 6.92 Å². The van der Waals surface area contributed by atoms with Gasteiger partial charge in [0, 0.05) is 9.86 Å². The predicted octanol–water partition coefficient (Wildman–Crippen LogP) is 5.39. The molecule has 0 amide bonds. The van der Waals surface area contributed by atoms with Crippen LogP contribution in [0.2, 0.25) is 0 Å². The number of nitrogens with zero attached hydrogens (tertiary/aromatic N) is 2. The van der Waals surface area contributed by atoms with Gasteiger partial charge >= 0.3 is 5.97 Å². The highest BCUT2D eigenvalue weighted by atomic mass is 79.9. The second-order valence-electron chi connectivity index (χ2n) is 6.10. The predicted molar refractivity (Wildman–Crippen MR) is 114 cm³/mol. The Balaban J connectivity index is 1.43. The molecule has 0 N–H and O–H groups in total. The lowest BCUT2D eigenvalue weighted by Gasteiger charge is -2.07. The van der Waals surface area contributed by atoms with Gasteiger partial charge in [0.2, 0.25) is 0 Å². The Morgan fingerprint density at radius 1 is 1.11 bits per heavy atom. The highest BCUT2D eigenvalue weighted by Gasteiger charge is 2.18. The van der Waals surface area contributed by atoms with Gasteiger partial charge in [0.15, 0.2) is 0 Å². The first kappa shape index (κ1) is 18.7. The Bertz CT molecular complexity index is 1120. The fraction of sp³-hybridized carbons (Fsp3) is 0.143. The molecule has 0 unspecified atom stereocenters. The van der Waals surface area contributed by atoms with E-state index in [1.807, 2.05) is 72.3 Å². The SMILES string of the molecule is Cc1nn(-c2ccccc2)c2sc(C(=O)OCCOc3cccc(Br)c3)cc12. The van der Waals surface area contributed by atoms with Crippen molar-refractivity contribution in [3.8, 4) is 11.4 Å². The molecule has 0 radical (unpaired) electrons. The van der Waals surface area contributed by atoms with Gasteiger partial charge in [-0.2, -0.15) is 5.10 Å².